The Morgan fingerprint density at radius 3 is 1.58 bits per heavy atom. The largest absolute Gasteiger partial charge is 0.465 e. The first-order valence-electron chi connectivity index (χ1n) is 9.06. The topological polar surface area (TPSA) is 36.9 Å². The lowest BCUT2D eigenvalue weighted by Gasteiger charge is -2.32. The molecule has 0 unspecified atom stereocenters. The van der Waals surface area contributed by atoms with Crippen molar-refractivity contribution in [2.75, 3.05) is 0 Å². The quantitative estimate of drug-likeness (QED) is 0.559. The van der Waals surface area contributed by atoms with E-state index in [2.05, 4.69) is 75.3 Å². The molecule has 2 saturated heterocycles. The maximum absolute atomic E-state index is 6.16. The molecule has 6 heteroatoms. The Balaban J connectivity index is 1.97. The molecule has 0 spiro atoms. The molecule has 0 bridgehead atoms. The summed E-state index contributed by atoms with van der Waals surface area (Å²) >= 11 is 0. The van der Waals surface area contributed by atoms with Crippen molar-refractivity contribution in [3.8, 4) is 0 Å². The summed E-state index contributed by atoms with van der Waals surface area (Å²) < 4.78 is 24.4. The molecule has 0 aromatic rings. The molecule has 0 aromatic carbocycles. The van der Waals surface area contributed by atoms with E-state index in [9.17, 15) is 0 Å². The highest BCUT2D eigenvalue weighted by Gasteiger charge is 2.53. The van der Waals surface area contributed by atoms with Crippen LogP contribution >= 0.6 is 0 Å². The number of hydrogen-bond acceptors (Lipinski definition) is 4. The third-order valence-corrected chi connectivity index (χ3v) is 6.33. The molecule has 0 aliphatic carbocycles. The van der Waals surface area contributed by atoms with Gasteiger partial charge >= 0.3 is 14.2 Å². The Morgan fingerprint density at radius 2 is 1.17 bits per heavy atom. The van der Waals surface area contributed by atoms with Crippen LogP contribution in [0.4, 0.5) is 0 Å². The SMILES string of the molecule is C/C(=C/CB1OC(C)(C)C(C)(C)O1)[C@@H](C)B1OC(C)(C)C(C)(C)O1. The average Bonchev–Trinajstić information content (AvgIpc) is 2.74. The van der Waals surface area contributed by atoms with Crippen molar-refractivity contribution >= 4 is 14.2 Å². The van der Waals surface area contributed by atoms with E-state index in [1.807, 2.05) is 0 Å². The standard InChI is InChI=1S/C18H34B2O4/c1-13(11-12-19-21-15(3,4)16(5,6)22-19)14(2)20-23-17(7,8)18(9,10)24-20/h11,14H,12H2,1-10H3/b13-11-/t14-/m1/s1. The summed E-state index contributed by atoms with van der Waals surface area (Å²) in [5, 5.41) is 0. The molecule has 24 heavy (non-hydrogen) atoms. The zero-order chi connectivity index (χ0) is 18.6. The molecule has 2 rings (SSSR count). The highest BCUT2D eigenvalue weighted by molar-refractivity contribution is 6.48. The van der Waals surface area contributed by atoms with Crippen LogP contribution in [0.1, 0.15) is 69.2 Å². The fourth-order valence-electron chi connectivity index (χ4n) is 2.84. The Labute approximate surface area is 148 Å². The molecule has 2 aliphatic rings. The van der Waals surface area contributed by atoms with Crippen LogP contribution < -0.4 is 0 Å². The Hall–Kier alpha value is -0.290. The molecular formula is C18H34B2O4. The highest BCUT2D eigenvalue weighted by Crippen LogP contribution is 2.42. The van der Waals surface area contributed by atoms with Gasteiger partial charge in [-0.15, -0.1) is 0 Å². The van der Waals surface area contributed by atoms with Gasteiger partial charge in [-0.1, -0.05) is 18.6 Å². The fraction of sp³-hybridized carbons (Fsp3) is 0.889. The molecule has 0 amide bonds. The predicted octanol–water partition coefficient (Wildman–Crippen LogP) is 4.51. The molecule has 2 aliphatic heterocycles. The van der Waals surface area contributed by atoms with Gasteiger partial charge in [0.1, 0.15) is 0 Å². The summed E-state index contributed by atoms with van der Waals surface area (Å²) in [5.41, 5.74) is 0.0896. The zero-order valence-corrected chi connectivity index (χ0v) is 17.1. The minimum Gasteiger partial charge on any atom is -0.403 e. The Kier molecular flexibility index (Phi) is 5.13. The molecule has 136 valence electrons. The molecule has 0 N–H and O–H groups in total. The van der Waals surface area contributed by atoms with Gasteiger partial charge in [-0.05, 0) is 62.3 Å². The molecular weight excluding hydrogens is 302 g/mol. The molecule has 1 atom stereocenters. The first-order chi connectivity index (χ1) is 10.7. The van der Waals surface area contributed by atoms with E-state index in [-0.39, 0.29) is 42.5 Å². The Morgan fingerprint density at radius 1 is 0.792 bits per heavy atom. The van der Waals surface area contributed by atoms with E-state index >= 15 is 0 Å². The van der Waals surface area contributed by atoms with Gasteiger partial charge in [0.05, 0.1) is 22.4 Å². The third kappa shape index (κ3) is 3.62. The molecule has 0 aromatic heterocycles. The number of hydrogen-bond donors (Lipinski definition) is 0. The van der Waals surface area contributed by atoms with Gasteiger partial charge in [0.15, 0.2) is 0 Å². The fourth-order valence-corrected chi connectivity index (χ4v) is 2.84. The third-order valence-electron chi connectivity index (χ3n) is 6.33. The van der Waals surface area contributed by atoms with E-state index in [0.29, 0.717) is 0 Å². The second kappa shape index (κ2) is 6.15. The van der Waals surface area contributed by atoms with Crippen molar-refractivity contribution in [2.45, 2.75) is 104 Å². The van der Waals surface area contributed by atoms with Gasteiger partial charge in [0, 0.05) is 12.1 Å². The minimum atomic E-state index is -0.294. The van der Waals surface area contributed by atoms with Crippen molar-refractivity contribution < 1.29 is 18.6 Å². The molecule has 2 heterocycles. The maximum atomic E-state index is 6.16. The second-order valence-corrected chi connectivity index (χ2v) is 9.28. The van der Waals surface area contributed by atoms with Gasteiger partial charge in [0.2, 0.25) is 0 Å². The van der Waals surface area contributed by atoms with E-state index in [0.717, 1.165) is 6.32 Å². The first-order valence-corrected chi connectivity index (χ1v) is 9.06. The van der Waals surface area contributed by atoms with E-state index < -0.39 is 0 Å². The number of allylic oxidation sites excluding steroid dienone is 2. The lowest BCUT2D eigenvalue weighted by molar-refractivity contribution is 0.00578. The van der Waals surface area contributed by atoms with E-state index in [1.165, 1.54) is 5.57 Å². The molecule has 4 nitrogen and oxygen atoms in total. The average molecular weight is 336 g/mol. The Bertz CT molecular complexity index is 479. The van der Waals surface area contributed by atoms with E-state index in [1.54, 1.807) is 0 Å². The van der Waals surface area contributed by atoms with Crippen molar-refractivity contribution in [1.29, 1.82) is 0 Å². The molecule has 0 radical (unpaired) electrons. The van der Waals surface area contributed by atoms with Crippen LogP contribution in [-0.4, -0.2) is 36.6 Å². The van der Waals surface area contributed by atoms with Crippen molar-refractivity contribution in [3.63, 3.8) is 0 Å². The maximum Gasteiger partial charge on any atom is 0.465 e. The van der Waals surface area contributed by atoms with Crippen LogP contribution in [0, 0.1) is 0 Å². The van der Waals surface area contributed by atoms with Gasteiger partial charge in [-0.3, -0.25) is 0 Å². The summed E-state index contributed by atoms with van der Waals surface area (Å²) in [7, 11) is -0.417. The van der Waals surface area contributed by atoms with Crippen molar-refractivity contribution in [1.82, 2.24) is 0 Å². The van der Waals surface area contributed by atoms with Gasteiger partial charge in [-0.25, -0.2) is 0 Å². The van der Waals surface area contributed by atoms with Crippen LogP contribution in [-0.2, 0) is 18.6 Å². The normalized spacial score (nSPS) is 29.2. The van der Waals surface area contributed by atoms with E-state index in [4.69, 9.17) is 18.6 Å². The van der Waals surface area contributed by atoms with Gasteiger partial charge in [0.25, 0.3) is 0 Å². The van der Waals surface area contributed by atoms with Crippen LogP contribution in [0.15, 0.2) is 11.6 Å². The van der Waals surface area contributed by atoms with Gasteiger partial charge < -0.3 is 18.6 Å². The van der Waals surface area contributed by atoms with Crippen molar-refractivity contribution in [3.05, 3.63) is 11.6 Å². The second-order valence-electron chi connectivity index (χ2n) is 9.28. The van der Waals surface area contributed by atoms with Crippen LogP contribution in [0.3, 0.4) is 0 Å². The van der Waals surface area contributed by atoms with Crippen LogP contribution in [0.5, 0.6) is 0 Å². The summed E-state index contributed by atoms with van der Waals surface area (Å²) in [6, 6.07) is 0. The molecule has 2 fully saturated rings. The lowest BCUT2D eigenvalue weighted by atomic mass is 9.68. The zero-order valence-electron chi connectivity index (χ0n) is 17.1. The summed E-state index contributed by atoms with van der Waals surface area (Å²) in [5.74, 6) is 0.188. The first kappa shape index (κ1) is 20.0. The predicted molar refractivity (Wildman–Crippen MR) is 100 cm³/mol. The lowest BCUT2D eigenvalue weighted by Crippen LogP contribution is -2.41. The smallest absolute Gasteiger partial charge is 0.403 e. The van der Waals surface area contributed by atoms with Crippen LogP contribution in [0.2, 0.25) is 12.1 Å². The number of rotatable bonds is 4. The summed E-state index contributed by atoms with van der Waals surface area (Å²) in [4.78, 5) is 0. The highest BCUT2D eigenvalue weighted by atomic mass is 16.7. The summed E-state index contributed by atoms with van der Waals surface area (Å²) in [6.45, 7) is 20.9. The van der Waals surface area contributed by atoms with Crippen LogP contribution in [0.25, 0.3) is 0 Å². The minimum absolute atomic E-state index is 0.188. The molecule has 0 saturated carbocycles. The summed E-state index contributed by atoms with van der Waals surface area (Å²) in [6.07, 6.45) is 2.93. The monoisotopic (exact) mass is 336 g/mol. The van der Waals surface area contributed by atoms with Crippen molar-refractivity contribution in [2.24, 2.45) is 0 Å². The van der Waals surface area contributed by atoms with Gasteiger partial charge in [-0.2, -0.15) is 0 Å².